The van der Waals surface area contributed by atoms with Crippen LogP contribution < -0.4 is 5.73 Å². The van der Waals surface area contributed by atoms with Crippen molar-refractivity contribution in [1.82, 2.24) is 0 Å². The molecule has 0 aliphatic carbocycles. The second kappa shape index (κ2) is 7.81. The number of aryl methyl sites for hydroxylation is 1. The van der Waals surface area contributed by atoms with Crippen LogP contribution in [0.15, 0.2) is 24.3 Å². The first-order valence-electron chi connectivity index (χ1n) is 6.46. The van der Waals surface area contributed by atoms with E-state index in [-0.39, 0.29) is 30.6 Å². The lowest BCUT2D eigenvalue weighted by molar-refractivity contribution is -0.125. The molecule has 4 heteroatoms. The topological polar surface area (TPSA) is 80.4 Å². The zero-order chi connectivity index (χ0) is 14.3. The van der Waals surface area contributed by atoms with Gasteiger partial charge in [-0.05, 0) is 30.9 Å². The van der Waals surface area contributed by atoms with E-state index in [1.54, 1.807) is 0 Å². The molecule has 0 aromatic heterocycles. The van der Waals surface area contributed by atoms with Gasteiger partial charge < -0.3 is 10.8 Å². The predicted molar refractivity (Wildman–Crippen MR) is 73.8 cm³/mol. The van der Waals surface area contributed by atoms with Crippen molar-refractivity contribution in [3.8, 4) is 0 Å². The number of aliphatic hydroxyl groups is 1. The van der Waals surface area contributed by atoms with Crippen LogP contribution in [0.4, 0.5) is 0 Å². The number of benzene rings is 1. The van der Waals surface area contributed by atoms with Gasteiger partial charge in [0.1, 0.15) is 11.6 Å². The Bertz CT molecular complexity index is 426. The van der Waals surface area contributed by atoms with Crippen LogP contribution in [0, 0.1) is 0 Å². The number of hydrogen-bond donors (Lipinski definition) is 2. The molecule has 4 nitrogen and oxygen atoms in total. The Kier molecular flexibility index (Phi) is 6.39. The molecule has 0 fully saturated rings. The average molecular weight is 263 g/mol. The molecule has 0 amide bonds. The Morgan fingerprint density at radius 2 is 1.79 bits per heavy atom. The van der Waals surface area contributed by atoms with Crippen LogP contribution in [0.2, 0.25) is 0 Å². The summed E-state index contributed by atoms with van der Waals surface area (Å²) in [4.78, 5) is 22.2. The van der Waals surface area contributed by atoms with E-state index < -0.39 is 0 Å². The second-order valence-electron chi connectivity index (χ2n) is 4.88. The van der Waals surface area contributed by atoms with E-state index in [4.69, 9.17) is 10.8 Å². The third kappa shape index (κ3) is 6.27. The maximum Gasteiger partial charge on any atom is 0.140 e. The highest BCUT2D eigenvalue weighted by Gasteiger charge is 2.06. The number of carbonyl (C=O) groups is 2. The zero-order valence-electron chi connectivity index (χ0n) is 11.3. The third-order valence-corrected chi connectivity index (χ3v) is 2.89. The molecule has 1 aromatic carbocycles. The van der Waals surface area contributed by atoms with E-state index in [1.807, 2.05) is 24.3 Å². The molecule has 0 spiro atoms. The number of rotatable bonds is 8. The lowest BCUT2D eigenvalue weighted by atomic mass is 10.0. The van der Waals surface area contributed by atoms with Gasteiger partial charge in [-0.3, -0.25) is 9.59 Å². The maximum atomic E-state index is 11.4. The monoisotopic (exact) mass is 263 g/mol. The van der Waals surface area contributed by atoms with Crippen molar-refractivity contribution in [1.29, 1.82) is 0 Å². The van der Waals surface area contributed by atoms with Crippen molar-refractivity contribution in [2.75, 3.05) is 6.61 Å². The van der Waals surface area contributed by atoms with E-state index in [1.165, 1.54) is 6.92 Å². The molecule has 0 radical (unpaired) electrons. The molecule has 0 aliphatic rings. The highest BCUT2D eigenvalue weighted by atomic mass is 16.3. The number of carbonyl (C=O) groups excluding carboxylic acids is 2. The summed E-state index contributed by atoms with van der Waals surface area (Å²) in [6.07, 6.45) is 1.72. The van der Waals surface area contributed by atoms with Gasteiger partial charge in [0.25, 0.3) is 0 Å². The van der Waals surface area contributed by atoms with E-state index in [0.29, 0.717) is 19.3 Å². The van der Waals surface area contributed by atoms with E-state index in [9.17, 15) is 9.59 Å². The number of ketones is 2. The normalized spacial score (nSPS) is 12.2. The van der Waals surface area contributed by atoms with Crippen LogP contribution >= 0.6 is 0 Å². The molecular formula is C15H21NO3. The molecule has 19 heavy (non-hydrogen) atoms. The zero-order valence-corrected chi connectivity index (χ0v) is 11.3. The van der Waals surface area contributed by atoms with Crippen molar-refractivity contribution >= 4 is 11.6 Å². The first kappa shape index (κ1) is 15.5. The van der Waals surface area contributed by atoms with Gasteiger partial charge in [0, 0.05) is 12.5 Å². The molecular weight excluding hydrogens is 242 g/mol. The van der Waals surface area contributed by atoms with Gasteiger partial charge in [-0.1, -0.05) is 24.3 Å². The first-order chi connectivity index (χ1) is 9.01. The Hall–Kier alpha value is -1.52. The molecule has 0 aliphatic heterocycles. The van der Waals surface area contributed by atoms with Gasteiger partial charge in [0.15, 0.2) is 0 Å². The predicted octanol–water partition coefficient (Wildman–Crippen LogP) is 1.03. The minimum Gasteiger partial charge on any atom is -0.395 e. The van der Waals surface area contributed by atoms with Crippen LogP contribution in [0.5, 0.6) is 0 Å². The lowest BCUT2D eigenvalue weighted by Gasteiger charge is -2.08. The fourth-order valence-electron chi connectivity index (χ4n) is 1.86. The highest BCUT2D eigenvalue weighted by Crippen LogP contribution is 2.09. The Morgan fingerprint density at radius 3 is 2.32 bits per heavy atom. The molecule has 1 unspecified atom stereocenters. The minimum atomic E-state index is -0.233. The number of nitrogens with two attached hydrogens (primary N) is 1. The average Bonchev–Trinajstić information content (AvgIpc) is 2.37. The van der Waals surface area contributed by atoms with Gasteiger partial charge in [-0.25, -0.2) is 0 Å². The Morgan fingerprint density at radius 1 is 1.21 bits per heavy atom. The van der Waals surface area contributed by atoms with E-state index in [0.717, 1.165) is 11.1 Å². The fraction of sp³-hybridized carbons (Fsp3) is 0.467. The minimum absolute atomic E-state index is 0.0149. The van der Waals surface area contributed by atoms with Crippen LogP contribution in [0.25, 0.3) is 0 Å². The largest absolute Gasteiger partial charge is 0.395 e. The lowest BCUT2D eigenvalue weighted by Crippen LogP contribution is -2.26. The standard InChI is InChI=1S/C15H21NO3/c1-11(18)8-15(19)7-6-12-2-4-13(5-3-12)9-14(16)10-17/h2-5,14,17H,6-10,16H2,1H3. The molecule has 0 bridgehead atoms. The van der Waals surface area contributed by atoms with Gasteiger partial charge >= 0.3 is 0 Å². The molecule has 1 aromatic rings. The molecule has 104 valence electrons. The third-order valence-electron chi connectivity index (χ3n) is 2.89. The summed E-state index contributed by atoms with van der Waals surface area (Å²) in [5.41, 5.74) is 7.80. The smallest absolute Gasteiger partial charge is 0.140 e. The molecule has 0 saturated carbocycles. The van der Waals surface area contributed by atoms with Crippen molar-refractivity contribution in [3.05, 3.63) is 35.4 Å². The molecule has 1 rings (SSSR count). The number of hydrogen-bond acceptors (Lipinski definition) is 4. The summed E-state index contributed by atoms with van der Waals surface area (Å²) in [5.74, 6) is -0.0998. The quantitative estimate of drug-likeness (QED) is 0.686. The van der Waals surface area contributed by atoms with Crippen molar-refractivity contribution < 1.29 is 14.7 Å². The highest BCUT2D eigenvalue weighted by molar-refractivity contribution is 5.97. The van der Waals surface area contributed by atoms with Crippen LogP contribution in [-0.2, 0) is 22.4 Å². The SMILES string of the molecule is CC(=O)CC(=O)CCc1ccc(CC(N)CO)cc1. The Labute approximate surface area is 113 Å². The van der Waals surface area contributed by atoms with Gasteiger partial charge in [-0.2, -0.15) is 0 Å². The molecule has 0 heterocycles. The van der Waals surface area contributed by atoms with Gasteiger partial charge in [0.05, 0.1) is 13.0 Å². The maximum absolute atomic E-state index is 11.4. The first-order valence-corrected chi connectivity index (χ1v) is 6.46. The van der Waals surface area contributed by atoms with Crippen LogP contribution in [0.3, 0.4) is 0 Å². The number of aliphatic hydroxyl groups excluding tert-OH is 1. The number of Topliss-reactive ketones (excluding diaryl/α,β-unsaturated/α-hetero) is 2. The Balaban J connectivity index is 2.44. The summed E-state index contributed by atoms with van der Waals surface area (Å²) in [7, 11) is 0. The summed E-state index contributed by atoms with van der Waals surface area (Å²) in [6, 6.07) is 7.60. The van der Waals surface area contributed by atoms with E-state index in [2.05, 4.69) is 0 Å². The summed E-state index contributed by atoms with van der Waals surface area (Å²) in [5, 5.41) is 8.88. The molecule has 3 N–H and O–H groups in total. The van der Waals surface area contributed by atoms with Crippen molar-refractivity contribution in [2.24, 2.45) is 5.73 Å². The molecule has 0 saturated heterocycles. The van der Waals surface area contributed by atoms with E-state index >= 15 is 0 Å². The molecule has 1 atom stereocenters. The van der Waals surface area contributed by atoms with Crippen molar-refractivity contribution in [3.63, 3.8) is 0 Å². The summed E-state index contributed by atoms with van der Waals surface area (Å²) in [6.45, 7) is 1.40. The van der Waals surface area contributed by atoms with Gasteiger partial charge in [0.2, 0.25) is 0 Å². The van der Waals surface area contributed by atoms with Crippen molar-refractivity contribution in [2.45, 2.75) is 38.6 Å². The summed E-state index contributed by atoms with van der Waals surface area (Å²) >= 11 is 0. The second-order valence-corrected chi connectivity index (χ2v) is 4.88. The fourth-order valence-corrected chi connectivity index (χ4v) is 1.86. The summed E-state index contributed by atoms with van der Waals surface area (Å²) < 4.78 is 0. The van der Waals surface area contributed by atoms with Gasteiger partial charge in [-0.15, -0.1) is 0 Å². The van der Waals surface area contributed by atoms with Crippen LogP contribution in [-0.4, -0.2) is 29.3 Å². The van der Waals surface area contributed by atoms with Crippen LogP contribution in [0.1, 0.15) is 30.9 Å².